The van der Waals surface area contributed by atoms with Crippen molar-refractivity contribution >= 4 is 27.7 Å². The van der Waals surface area contributed by atoms with Crippen molar-refractivity contribution in [2.45, 2.75) is 39.8 Å². The van der Waals surface area contributed by atoms with Gasteiger partial charge in [-0.1, -0.05) is 18.2 Å². The minimum Gasteiger partial charge on any atom is -0.350 e. The number of rotatable bonds is 10. The second-order valence-electron chi connectivity index (χ2n) is 6.47. The summed E-state index contributed by atoms with van der Waals surface area (Å²) in [6.07, 6.45) is 2.36. The standard InChI is InChI=1S/C19H28N4O3S2/c1-5-28(25,26)22-18(11-12-27-4)19(24)20-13-17-14(2)21-23(15(17)3)16-9-7-6-8-10-16/h6-10,18,22H,5,11-13H2,1-4H3,(H,20,24). The van der Waals surface area contributed by atoms with Gasteiger partial charge in [-0.05, 0) is 51.3 Å². The molecule has 0 bridgehead atoms. The average molecular weight is 425 g/mol. The first kappa shape index (κ1) is 22.4. The van der Waals surface area contributed by atoms with Crippen LogP contribution in [0.5, 0.6) is 0 Å². The summed E-state index contributed by atoms with van der Waals surface area (Å²) in [6.45, 7) is 5.71. The Morgan fingerprint density at radius 3 is 2.54 bits per heavy atom. The second-order valence-corrected chi connectivity index (χ2v) is 9.50. The monoisotopic (exact) mass is 424 g/mol. The molecular formula is C19H28N4O3S2. The van der Waals surface area contributed by atoms with Crippen LogP contribution in [0.1, 0.15) is 30.3 Å². The van der Waals surface area contributed by atoms with Gasteiger partial charge >= 0.3 is 0 Å². The van der Waals surface area contributed by atoms with Crippen LogP contribution in [0.3, 0.4) is 0 Å². The molecule has 9 heteroatoms. The minimum absolute atomic E-state index is 0.0574. The molecule has 1 aromatic carbocycles. The molecule has 1 heterocycles. The molecule has 1 atom stereocenters. The van der Waals surface area contributed by atoms with Crippen LogP contribution in [0.2, 0.25) is 0 Å². The molecule has 7 nitrogen and oxygen atoms in total. The van der Waals surface area contributed by atoms with Gasteiger partial charge in [-0.2, -0.15) is 16.9 Å². The Morgan fingerprint density at radius 2 is 1.93 bits per heavy atom. The van der Waals surface area contributed by atoms with E-state index in [0.29, 0.717) is 18.7 Å². The molecule has 1 amide bonds. The summed E-state index contributed by atoms with van der Waals surface area (Å²) in [4.78, 5) is 12.6. The van der Waals surface area contributed by atoms with Crippen LogP contribution < -0.4 is 10.0 Å². The Morgan fingerprint density at radius 1 is 1.25 bits per heavy atom. The van der Waals surface area contributed by atoms with Crippen LogP contribution in [0, 0.1) is 13.8 Å². The van der Waals surface area contributed by atoms with Crippen molar-refractivity contribution < 1.29 is 13.2 Å². The van der Waals surface area contributed by atoms with Gasteiger partial charge in [0.25, 0.3) is 0 Å². The molecular weight excluding hydrogens is 396 g/mol. The fourth-order valence-electron chi connectivity index (χ4n) is 2.83. The number of hydrogen-bond acceptors (Lipinski definition) is 5. The molecule has 2 N–H and O–H groups in total. The van der Waals surface area contributed by atoms with Gasteiger partial charge in [-0.15, -0.1) is 0 Å². The number of carbonyl (C=O) groups is 1. The predicted octanol–water partition coefficient (Wildman–Crippen LogP) is 2.17. The second kappa shape index (κ2) is 10.1. The summed E-state index contributed by atoms with van der Waals surface area (Å²) in [5.41, 5.74) is 3.66. The number of carbonyl (C=O) groups excluding carboxylic acids is 1. The largest absolute Gasteiger partial charge is 0.350 e. The maximum atomic E-state index is 12.6. The van der Waals surface area contributed by atoms with Gasteiger partial charge in [-0.25, -0.2) is 17.8 Å². The number of thioether (sulfide) groups is 1. The van der Waals surface area contributed by atoms with Gasteiger partial charge in [0, 0.05) is 17.8 Å². The van der Waals surface area contributed by atoms with E-state index < -0.39 is 16.1 Å². The molecule has 0 saturated heterocycles. The van der Waals surface area contributed by atoms with E-state index in [1.54, 1.807) is 18.7 Å². The lowest BCUT2D eigenvalue weighted by Gasteiger charge is -2.18. The number of nitrogens with zero attached hydrogens (tertiary/aromatic N) is 2. The fourth-order valence-corrected chi connectivity index (χ4v) is 4.13. The van der Waals surface area contributed by atoms with Crippen LogP contribution in [0.25, 0.3) is 5.69 Å². The van der Waals surface area contributed by atoms with Crippen molar-refractivity contribution in [2.75, 3.05) is 17.8 Å². The SMILES string of the molecule is CCS(=O)(=O)NC(CCSC)C(=O)NCc1c(C)nn(-c2ccccc2)c1C. The van der Waals surface area contributed by atoms with Crippen molar-refractivity contribution in [2.24, 2.45) is 0 Å². The number of para-hydroxylation sites is 1. The number of aromatic nitrogens is 2. The molecule has 0 aliphatic carbocycles. The van der Waals surface area contributed by atoms with E-state index in [9.17, 15) is 13.2 Å². The fraction of sp³-hybridized carbons (Fsp3) is 0.474. The summed E-state index contributed by atoms with van der Waals surface area (Å²) >= 11 is 1.57. The highest BCUT2D eigenvalue weighted by Gasteiger charge is 2.23. The quantitative estimate of drug-likeness (QED) is 0.610. The van der Waals surface area contributed by atoms with Crippen LogP contribution >= 0.6 is 11.8 Å². The first-order valence-corrected chi connectivity index (χ1v) is 12.2. The molecule has 154 valence electrons. The lowest BCUT2D eigenvalue weighted by molar-refractivity contribution is -0.122. The van der Waals surface area contributed by atoms with Gasteiger partial charge < -0.3 is 5.32 Å². The van der Waals surface area contributed by atoms with Crippen LogP contribution in [-0.4, -0.2) is 47.9 Å². The van der Waals surface area contributed by atoms with Gasteiger partial charge in [0.05, 0.1) is 17.1 Å². The zero-order valence-corrected chi connectivity index (χ0v) is 18.4. The lowest BCUT2D eigenvalue weighted by Crippen LogP contribution is -2.47. The average Bonchev–Trinajstić information content (AvgIpc) is 2.97. The Kier molecular flexibility index (Phi) is 8.09. The normalized spacial score (nSPS) is 12.7. The maximum Gasteiger partial charge on any atom is 0.238 e. The van der Waals surface area contributed by atoms with Gasteiger partial charge in [0.1, 0.15) is 6.04 Å². The third-order valence-electron chi connectivity index (χ3n) is 4.51. The Balaban J connectivity index is 2.13. The minimum atomic E-state index is -3.46. The van der Waals surface area contributed by atoms with E-state index in [4.69, 9.17) is 0 Å². The lowest BCUT2D eigenvalue weighted by atomic mass is 10.1. The zero-order valence-electron chi connectivity index (χ0n) is 16.7. The van der Waals surface area contributed by atoms with E-state index in [1.165, 1.54) is 0 Å². The molecule has 28 heavy (non-hydrogen) atoms. The summed E-state index contributed by atoms with van der Waals surface area (Å²) < 4.78 is 28.2. The number of amides is 1. The molecule has 2 rings (SSSR count). The van der Waals surface area contributed by atoms with Gasteiger partial charge in [0.2, 0.25) is 15.9 Å². The maximum absolute atomic E-state index is 12.6. The zero-order chi connectivity index (χ0) is 20.7. The number of nitrogens with one attached hydrogen (secondary N) is 2. The third-order valence-corrected chi connectivity index (χ3v) is 6.56. The van der Waals surface area contributed by atoms with Crippen molar-refractivity contribution in [3.05, 3.63) is 47.3 Å². The van der Waals surface area contributed by atoms with Gasteiger partial charge in [-0.3, -0.25) is 4.79 Å². The topological polar surface area (TPSA) is 93.1 Å². The summed E-state index contributed by atoms with van der Waals surface area (Å²) in [5.74, 6) is 0.309. The summed E-state index contributed by atoms with van der Waals surface area (Å²) in [5, 5.41) is 7.45. The number of sulfonamides is 1. The van der Waals surface area contributed by atoms with Crippen molar-refractivity contribution in [3.63, 3.8) is 0 Å². The Labute approximate surface area is 171 Å². The molecule has 0 fully saturated rings. The van der Waals surface area contributed by atoms with Crippen LogP contribution in [-0.2, 0) is 21.4 Å². The van der Waals surface area contributed by atoms with E-state index in [2.05, 4.69) is 15.1 Å². The van der Waals surface area contributed by atoms with Gasteiger partial charge in [0.15, 0.2) is 0 Å². The highest BCUT2D eigenvalue weighted by atomic mass is 32.2. The first-order chi connectivity index (χ1) is 13.3. The number of benzene rings is 1. The Hall–Kier alpha value is -1.84. The summed E-state index contributed by atoms with van der Waals surface area (Å²) in [7, 11) is -3.46. The molecule has 0 aliphatic rings. The molecule has 1 unspecified atom stereocenters. The Bertz CT molecular complexity index is 895. The van der Waals surface area contributed by atoms with E-state index >= 15 is 0 Å². The van der Waals surface area contributed by atoms with Crippen LogP contribution in [0.4, 0.5) is 0 Å². The molecule has 2 aromatic rings. The number of hydrogen-bond donors (Lipinski definition) is 2. The van der Waals surface area contributed by atoms with Crippen molar-refractivity contribution in [1.29, 1.82) is 0 Å². The van der Waals surface area contributed by atoms with Crippen molar-refractivity contribution in [3.8, 4) is 5.69 Å². The van der Waals surface area contributed by atoms with E-state index in [-0.39, 0.29) is 11.7 Å². The highest BCUT2D eigenvalue weighted by molar-refractivity contribution is 7.98. The smallest absolute Gasteiger partial charge is 0.238 e. The predicted molar refractivity (Wildman–Crippen MR) is 114 cm³/mol. The van der Waals surface area contributed by atoms with E-state index in [1.807, 2.05) is 55.1 Å². The first-order valence-electron chi connectivity index (χ1n) is 9.16. The molecule has 0 aliphatic heterocycles. The van der Waals surface area contributed by atoms with Crippen LogP contribution in [0.15, 0.2) is 30.3 Å². The van der Waals surface area contributed by atoms with E-state index in [0.717, 1.165) is 22.6 Å². The van der Waals surface area contributed by atoms with Crippen molar-refractivity contribution in [1.82, 2.24) is 19.8 Å². The third kappa shape index (κ3) is 5.83. The molecule has 1 aromatic heterocycles. The highest BCUT2D eigenvalue weighted by Crippen LogP contribution is 2.17. The molecule has 0 radical (unpaired) electrons. The summed E-state index contributed by atoms with van der Waals surface area (Å²) in [6, 6.07) is 9.01. The number of aryl methyl sites for hydroxylation is 1. The molecule has 0 spiro atoms. The molecule has 0 saturated carbocycles.